The average Bonchev–Trinajstić information content (AvgIpc) is 2.76. The van der Waals surface area contributed by atoms with Gasteiger partial charge in [0.15, 0.2) is 0 Å². The zero-order valence-corrected chi connectivity index (χ0v) is 9.29. The van der Waals surface area contributed by atoms with Gasteiger partial charge in [0, 0.05) is 11.6 Å². The van der Waals surface area contributed by atoms with Crippen molar-refractivity contribution < 1.29 is 19.0 Å². The Morgan fingerprint density at radius 1 is 1.33 bits per heavy atom. The van der Waals surface area contributed by atoms with Crippen LogP contribution in [0.4, 0.5) is 8.78 Å². The lowest BCUT2D eigenvalue weighted by molar-refractivity contribution is 0.146. The highest BCUT2D eigenvalue weighted by molar-refractivity contribution is 5.20. The standard InChI is InChI=1S/C11H11F2N3O2/c12-7-1-2-9(10(13)3-7)11(18)5-16-4-8(6-17)14-15-16/h1-4,11,17-18H,5-6H2/t11-/m0/s1. The van der Waals surface area contributed by atoms with E-state index in [-0.39, 0.29) is 18.7 Å². The van der Waals surface area contributed by atoms with Crippen molar-refractivity contribution in [2.75, 3.05) is 0 Å². The summed E-state index contributed by atoms with van der Waals surface area (Å²) in [6.07, 6.45) is 0.267. The summed E-state index contributed by atoms with van der Waals surface area (Å²) in [5.41, 5.74) is 0.333. The summed E-state index contributed by atoms with van der Waals surface area (Å²) < 4.78 is 27.4. The third-order valence-electron chi connectivity index (χ3n) is 2.43. The van der Waals surface area contributed by atoms with Crippen molar-refractivity contribution in [3.63, 3.8) is 0 Å². The summed E-state index contributed by atoms with van der Waals surface area (Å²) in [7, 11) is 0. The molecule has 0 aliphatic heterocycles. The van der Waals surface area contributed by atoms with Crippen LogP contribution in [0.1, 0.15) is 17.4 Å². The van der Waals surface area contributed by atoms with Crippen molar-refractivity contribution >= 4 is 0 Å². The molecule has 0 aliphatic carbocycles. The van der Waals surface area contributed by atoms with E-state index >= 15 is 0 Å². The first-order chi connectivity index (χ1) is 8.60. The first-order valence-corrected chi connectivity index (χ1v) is 5.23. The Bertz CT molecular complexity index is 545. The van der Waals surface area contributed by atoms with Crippen molar-refractivity contribution in [1.29, 1.82) is 0 Å². The second-order valence-electron chi connectivity index (χ2n) is 3.77. The molecule has 0 saturated carbocycles. The topological polar surface area (TPSA) is 71.2 Å². The first-order valence-electron chi connectivity index (χ1n) is 5.23. The van der Waals surface area contributed by atoms with Crippen LogP contribution in [0.2, 0.25) is 0 Å². The van der Waals surface area contributed by atoms with Crippen LogP contribution in [-0.2, 0) is 13.2 Å². The Hall–Kier alpha value is -1.86. The van der Waals surface area contributed by atoms with Crippen molar-refractivity contribution in [1.82, 2.24) is 15.0 Å². The maximum Gasteiger partial charge on any atom is 0.131 e. The largest absolute Gasteiger partial charge is 0.390 e. The summed E-state index contributed by atoms with van der Waals surface area (Å²) in [4.78, 5) is 0. The van der Waals surface area contributed by atoms with Gasteiger partial charge >= 0.3 is 0 Å². The molecule has 0 aliphatic rings. The number of hydrogen-bond donors (Lipinski definition) is 2. The fraction of sp³-hybridized carbons (Fsp3) is 0.273. The van der Waals surface area contributed by atoms with E-state index in [4.69, 9.17) is 5.11 Å². The van der Waals surface area contributed by atoms with E-state index in [0.717, 1.165) is 6.07 Å². The molecule has 96 valence electrons. The number of rotatable bonds is 4. The van der Waals surface area contributed by atoms with Gasteiger partial charge in [0.25, 0.3) is 0 Å². The molecule has 0 radical (unpaired) electrons. The summed E-state index contributed by atoms with van der Waals surface area (Å²) in [6.45, 7) is -0.295. The average molecular weight is 255 g/mol. The Balaban J connectivity index is 2.13. The molecule has 18 heavy (non-hydrogen) atoms. The van der Waals surface area contributed by atoms with Crippen LogP contribution in [-0.4, -0.2) is 25.2 Å². The van der Waals surface area contributed by atoms with E-state index < -0.39 is 17.7 Å². The van der Waals surface area contributed by atoms with Gasteiger partial charge in [-0.1, -0.05) is 11.3 Å². The normalized spacial score (nSPS) is 12.7. The number of halogens is 2. The lowest BCUT2D eigenvalue weighted by Crippen LogP contribution is -2.11. The van der Waals surface area contributed by atoms with Crippen LogP contribution in [0.15, 0.2) is 24.4 Å². The summed E-state index contributed by atoms with van der Waals surface area (Å²) in [5.74, 6) is -1.52. The number of nitrogens with zero attached hydrogens (tertiary/aromatic N) is 3. The predicted molar refractivity (Wildman–Crippen MR) is 57.3 cm³/mol. The number of benzene rings is 1. The van der Waals surface area contributed by atoms with Gasteiger partial charge in [-0.2, -0.15) is 0 Å². The molecule has 1 aromatic heterocycles. The Morgan fingerprint density at radius 3 is 2.72 bits per heavy atom. The molecule has 0 fully saturated rings. The van der Waals surface area contributed by atoms with E-state index in [0.29, 0.717) is 11.8 Å². The van der Waals surface area contributed by atoms with Crippen molar-refractivity contribution in [2.45, 2.75) is 19.3 Å². The fourth-order valence-corrected chi connectivity index (χ4v) is 1.55. The lowest BCUT2D eigenvalue weighted by Gasteiger charge is -2.11. The molecule has 1 atom stereocenters. The molecule has 2 rings (SSSR count). The van der Waals surface area contributed by atoms with Gasteiger partial charge in [0.1, 0.15) is 23.4 Å². The van der Waals surface area contributed by atoms with Crippen LogP contribution >= 0.6 is 0 Å². The smallest absolute Gasteiger partial charge is 0.131 e. The highest BCUT2D eigenvalue weighted by Crippen LogP contribution is 2.19. The lowest BCUT2D eigenvalue weighted by atomic mass is 10.1. The molecule has 0 amide bonds. The number of hydrogen-bond acceptors (Lipinski definition) is 4. The van der Waals surface area contributed by atoms with Gasteiger partial charge in [-0.15, -0.1) is 5.10 Å². The SMILES string of the molecule is OCc1cn(C[C@H](O)c2ccc(F)cc2F)nn1. The van der Waals surface area contributed by atoms with Gasteiger partial charge in [0.2, 0.25) is 0 Å². The molecule has 7 heteroatoms. The molecule has 0 spiro atoms. The molecule has 5 nitrogen and oxygen atoms in total. The highest BCUT2D eigenvalue weighted by atomic mass is 19.1. The molecule has 2 N–H and O–H groups in total. The maximum absolute atomic E-state index is 13.4. The Kier molecular flexibility index (Phi) is 3.63. The molecule has 1 heterocycles. The third-order valence-corrected chi connectivity index (χ3v) is 2.43. The predicted octanol–water partition coefficient (Wildman–Crippen LogP) is 0.782. The van der Waals surface area contributed by atoms with Gasteiger partial charge in [0.05, 0.1) is 19.3 Å². The second-order valence-corrected chi connectivity index (χ2v) is 3.77. The fourth-order valence-electron chi connectivity index (χ4n) is 1.55. The Labute approximate surface area is 101 Å². The number of aliphatic hydroxyl groups excluding tert-OH is 2. The van der Waals surface area contributed by atoms with Crippen LogP contribution in [0.5, 0.6) is 0 Å². The minimum Gasteiger partial charge on any atom is -0.390 e. The van der Waals surface area contributed by atoms with E-state index in [1.54, 1.807) is 0 Å². The third kappa shape index (κ3) is 2.69. The number of aliphatic hydroxyl groups is 2. The van der Waals surface area contributed by atoms with Crippen LogP contribution in [0, 0.1) is 11.6 Å². The van der Waals surface area contributed by atoms with Crippen molar-refractivity contribution in [3.05, 3.63) is 47.3 Å². The van der Waals surface area contributed by atoms with Gasteiger partial charge in [-0.3, -0.25) is 0 Å². The summed E-state index contributed by atoms with van der Waals surface area (Å²) in [5, 5.41) is 25.9. The van der Waals surface area contributed by atoms with Crippen LogP contribution in [0.25, 0.3) is 0 Å². The zero-order chi connectivity index (χ0) is 13.1. The van der Waals surface area contributed by atoms with E-state index in [9.17, 15) is 13.9 Å². The van der Waals surface area contributed by atoms with E-state index in [1.165, 1.54) is 16.9 Å². The van der Waals surface area contributed by atoms with Crippen molar-refractivity contribution in [2.24, 2.45) is 0 Å². The summed E-state index contributed by atoms with van der Waals surface area (Å²) >= 11 is 0. The molecular weight excluding hydrogens is 244 g/mol. The van der Waals surface area contributed by atoms with Crippen LogP contribution in [0.3, 0.4) is 0 Å². The second kappa shape index (κ2) is 5.19. The molecular formula is C11H11F2N3O2. The molecule has 0 saturated heterocycles. The van der Waals surface area contributed by atoms with Gasteiger partial charge in [-0.25, -0.2) is 13.5 Å². The minimum atomic E-state index is -1.17. The quantitative estimate of drug-likeness (QED) is 0.847. The highest BCUT2D eigenvalue weighted by Gasteiger charge is 2.15. The zero-order valence-electron chi connectivity index (χ0n) is 9.29. The van der Waals surface area contributed by atoms with Gasteiger partial charge in [-0.05, 0) is 6.07 Å². The van der Waals surface area contributed by atoms with E-state index in [2.05, 4.69) is 10.3 Å². The number of aromatic nitrogens is 3. The van der Waals surface area contributed by atoms with Crippen LogP contribution < -0.4 is 0 Å². The monoisotopic (exact) mass is 255 g/mol. The first kappa shape index (κ1) is 12.6. The molecule has 1 aromatic carbocycles. The minimum absolute atomic E-state index is 0.0163. The Morgan fingerprint density at radius 2 is 2.11 bits per heavy atom. The van der Waals surface area contributed by atoms with Crippen molar-refractivity contribution in [3.8, 4) is 0 Å². The molecule has 2 aromatic rings. The van der Waals surface area contributed by atoms with Gasteiger partial charge < -0.3 is 10.2 Å². The summed E-state index contributed by atoms with van der Waals surface area (Å²) in [6, 6.07) is 2.96. The molecule has 0 bridgehead atoms. The van der Waals surface area contributed by atoms with E-state index in [1.807, 2.05) is 0 Å². The maximum atomic E-state index is 13.4. The molecule has 0 unspecified atom stereocenters.